The predicted molar refractivity (Wildman–Crippen MR) is 79.7 cm³/mol. The number of hydrogen-bond acceptors (Lipinski definition) is 3. The largest absolute Gasteiger partial charge is 0.338 e. The van der Waals surface area contributed by atoms with Gasteiger partial charge in [0.15, 0.2) is 0 Å². The van der Waals surface area contributed by atoms with Crippen LogP contribution in [0, 0.1) is 16.0 Å². The number of carbonyl (C=O) groups excluding carboxylic acids is 1. The van der Waals surface area contributed by atoms with Crippen LogP contribution in [0.5, 0.6) is 0 Å². The maximum absolute atomic E-state index is 12.5. The summed E-state index contributed by atoms with van der Waals surface area (Å²) in [6, 6.07) is 4.58. The Morgan fingerprint density at radius 3 is 2.85 bits per heavy atom. The Morgan fingerprint density at radius 1 is 1.40 bits per heavy atom. The summed E-state index contributed by atoms with van der Waals surface area (Å²) in [6.07, 6.45) is 3.01. The minimum absolute atomic E-state index is 0.137. The molecule has 0 unspecified atom stereocenters. The van der Waals surface area contributed by atoms with Gasteiger partial charge in [0.05, 0.1) is 4.92 Å². The van der Waals surface area contributed by atoms with Gasteiger partial charge in [-0.25, -0.2) is 0 Å². The van der Waals surface area contributed by atoms with E-state index in [-0.39, 0.29) is 17.2 Å². The highest BCUT2D eigenvalue weighted by Crippen LogP contribution is 2.26. The molecule has 0 aliphatic carbocycles. The lowest BCUT2D eigenvalue weighted by Crippen LogP contribution is -2.32. The number of nitro benzene ring substituents is 1. The molecule has 0 saturated carbocycles. The summed E-state index contributed by atoms with van der Waals surface area (Å²) in [5.74, 6) is 0.367. The summed E-state index contributed by atoms with van der Waals surface area (Å²) < 4.78 is 0.602. The average Bonchev–Trinajstić information content (AvgIpc) is 2.62. The van der Waals surface area contributed by atoms with Gasteiger partial charge in [-0.1, -0.05) is 22.9 Å². The van der Waals surface area contributed by atoms with Gasteiger partial charge in [-0.3, -0.25) is 14.9 Å². The van der Waals surface area contributed by atoms with Crippen molar-refractivity contribution >= 4 is 27.5 Å². The van der Waals surface area contributed by atoms with Gasteiger partial charge in [0.1, 0.15) is 5.56 Å². The number of halogens is 1. The van der Waals surface area contributed by atoms with E-state index in [1.165, 1.54) is 12.1 Å². The topological polar surface area (TPSA) is 63.5 Å². The molecule has 20 heavy (non-hydrogen) atoms. The van der Waals surface area contributed by atoms with Gasteiger partial charge in [0, 0.05) is 23.6 Å². The molecule has 2 rings (SSSR count). The number of likely N-dealkylation sites (tertiary alicyclic amines) is 1. The first-order valence-electron chi connectivity index (χ1n) is 6.72. The molecule has 1 saturated heterocycles. The zero-order valence-electron chi connectivity index (χ0n) is 11.3. The zero-order valence-corrected chi connectivity index (χ0v) is 12.9. The Hall–Kier alpha value is -1.43. The van der Waals surface area contributed by atoms with Gasteiger partial charge in [-0.05, 0) is 37.3 Å². The Labute approximate surface area is 126 Å². The molecule has 0 N–H and O–H groups in total. The van der Waals surface area contributed by atoms with Crippen molar-refractivity contribution in [1.29, 1.82) is 0 Å². The van der Waals surface area contributed by atoms with Crippen LogP contribution in [-0.4, -0.2) is 28.8 Å². The second-order valence-electron chi connectivity index (χ2n) is 5.25. The average molecular weight is 341 g/mol. The van der Waals surface area contributed by atoms with Crippen molar-refractivity contribution in [2.24, 2.45) is 5.92 Å². The fraction of sp³-hybridized carbons (Fsp3) is 0.500. The number of hydrogen-bond donors (Lipinski definition) is 0. The van der Waals surface area contributed by atoms with Crippen LogP contribution < -0.4 is 0 Å². The van der Waals surface area contributed by atoms with E-state index in [9.17, 15) is 14.9 Å². The maximum atomic E-state index is 12.5. The first-order valence-corrected chi connectivity index (χ1v) is 7.51. The van der Waals surface area contributed by atoms with Crippen LogP contribution in [0.2, 0.25) is 0 Å². The van der Waals surface area contributed by atoms with Crippen molar-refractivity contribution in [3.8, 4) is 0 Å². The normalized spacial score (nSPS) is 19.5. The second-order valence-corrected chi connectivity index (χ2v) is 6.16. The van der Waals surface area contributed by atoms with E-state index in [0.717, 1.165) is 19.3 Å². The van der Waals surface area contributed by atoms with Crippen molar-refractivity contribution in [3.05, 3.63) is 38.3 Å². The van der Waals surface area contributed by atoms with Crippen LogP contribution in [-0.2, 0) is 0 Å². The number of rotatable bonds is 2. The molecule has 0 radical (unpaired) electrons. The van der Waals surface area contributed by atoms with E-state index < -0.39 is 4.92 Å². The second kappa shape index (κ2) is 6.35. The molecular formula is C14H17BrN2O3. The van der Waals surface area contributed by atoms with Gasteiger partial charge in [-0.15, -0.1) is 0 Å². The van der Waals surface area contributed by atoms with Gasteiger partial charge in [0.25, 0.3) is 11.6 Å². The van der Waals surface area contributed by atoms with E-state index in [2.05, 4.69) is 22.9 Å². The number of nitro groups is 1. The number of benzene rings is 1. The molecule has 6 heteroatoms. The van der Waals surface area contributed by atoms with Crippen molar-refractivity contribution in [1.82, 2.24) is 4.90 Å². The van der Waals surface area contributed by atoms with Crippen LogP contribution in [0.15, 0.2) is 22.7 Å². The van der Waals surface area contributed by atoms with E-state index >= 15 is 0 Å². The number of nitrogens with zero attached hydrogens (tertiary/aromatic N) is 2. The Kier molecular flexibility index (Phi) is 4.75. The number of carbonyl (C=O) groups is 1. The predicted octanol–water partition coefficient (Wildman–Crippen LogP) is 3.62. The molecule has 1 fully saturated rings. The van der Waals surface area contributed by atoms with Gasteiger partial charge in [-0.2, -0.15) is 0 Å². The molecule has 1 heterocycles. The molecule has 1 aromatic rings. The van der Waals surface area contributed by atoms with E-state index in [1.807, 2.05) is 0 Å². The van der Waals surface area contributed by atoms with Crippen LogP contribution >= 0.6 is 15.9 Å². The van der Waals surface area contributed by atoms with Crippen molar-refractivity contribution < 1.29 is 9.72 Å². The lowest BCUT2D eigenvalue weighted by Gasteiger charge is -2.20. The molecule has 0 spiro atoms. The van der Waals surface area contributed by atoms with Crippen LogP contribution in [0.4, 0.5) is 5.69 Å². The molecule has 1 amide bonds. The third kappa shape index (κ3) is 3.36. The Morgan fingerprint density at radius 2 is 2.15 bits per heavy atom. The maximum Gasteiger partial charge on any atom is 0.283 e. The molecule has 5 nitrogen and oxygen atoms in total. The van der Waals surface area contributed by atoms with Crippen LogP contribution in [0.25, 0.3) is 0 Å². The lowest BCUT2D eigenvalue weighted by atomic mass is 10.0. The summed E-state index contributed by atoms with van der Waals surface area (Å²) in [4.78, 5) is 24.8. The van der Waals surface area contributed by atoms with Gasteiger partial charge < -0.3 is 4.90 Å². The van der Waals surface area contributed by atoms with Crippen molar-refractivity contribution in [3.63, 3.8) is 0 Å². The van der Waals surface area contributed by atoms with E-state index in [0.29, 0.717) is 23.5 Å². The Bertz CT molecular complexity index is 533. The highest BCUT2D eigenvalue weighted by atomic mass is 79.9. The van der Waals surface area contributed by atoms with E-state index in [1.54, 1.807) is 11.0 Å². The zero-order chi connectivity index (χ0) is 14.7. The molecule has 1 aliphatic heterocycles. The standard InChI is InChI=1S/C14H17BrN2O3/c1-10-3-2-7-16(8-6-10)14(18)12-5-4-11(15)9-13(12)17(19)20/h4-5,9-10H,2-3,6-8H2,1H3/t10-/m1/s1. The van der Waals surface area contributed by atoms with Crippen molar-refractivity contribution in [2.75, 3.05) is 13.1 Å². The fourth-order valence-electron chi connectivity index (χ4n) is 2.47. The molecule has 1 aliphatic rings. The van der Waals surface area contributed by atoms with E-state index in [4.69, 9.17) is 0 Å². The monoisotopic (exact) mass is 340 g/mol. The minimum Gasteiger partial charge on any atom is -0.338 e. The van der Waals surface area contributed by atoms with Crippen LogP contribution in [0.1, 0.15) is 36.5 Å². The quantitative estimate of drug-likeness (QED) is 0.610. The smallest absolute Gasteiger partial charge is 0.283 e. The van der Waals surface area contributed by atoms with Gasteiger partial charge >= 0.3 is 0 Å². The third-order valence-corrected chi connectivity index (χ3v) is 4.18. The summed E-state index contributed by atoms with van der Waals surface area (Å²) in [5.41, 5.74) is 0.0365. The Balaban J connectivity index is 2.26. The summed E-state index contributed by atoms with van der Waals surface area (Å²) >= 11 is 3.20. The SMILES string of the molecule is C[C@@H]1CCCN(C(=O)c2ccc(Br)cc2[N+](=O)[O-])CC1. The highest BCUT2D eigenvalue weighted by Gasteiger charge is 2.26. The van der Waals surface area contributed by atoms with Crippen molar-refractivity contribution in [2.45, 2.75) is 26.2 Å². The van der Waals surface area contributed by atoms with Crippen LogP contribution in [0.3, 0.4) is 0 Å². The minimum atomic E-state index is -0.502. The molecular weight excluding hydrogens is 324 g/mol. The highest BCUT2D eigenvalue weighted by molar-refractivity contribution is 9.10. The molecule has 1 aromatic carbocycles. The number of amides is 1. The summed E-state index contributed by atoms with van der Waals surface area (Å²) in [7, 11) is 0. The molecule has 0 aromatic heterocycles. The first-order chi connectivity index (χ1) is 9.49. The first kappa shape index (κ1) is 15.0. The molecule has 0 bridgehead atoms. The summed E-state index contributed by atoms with van der Waals surface area (Å²) in [5, 5.41) is 11.1. The molecule has 108 valence electrons. The van der Waals surface area contributed by atoms with Gasteiger partial charge in [0.2, 0.25) is 0 Å². The lowest BCUT2D eigenvalue weighted by molar-refractivity contribution is -0.385. The summed E-state index contributed by atoms with van der Waals surface area (Å²) in [6.45, 7) is 3.53. The molecule has 1 atom stereocenters. The third-order valence-electron chi connectivity index (χ3n) is 3.69. The fourth-order valence-corrected chi connectivity index (χ4v) is 2.82.